The fraction of sp³-hybridized carbons (Fsp3) is 0.500. The van der Waals surface area contributed by atoms with Crippen molar-refractivity contribution in [1.29, 1.82) is 0 Å². The predicted octanol–water partition coefficient (Wildman–Crippen LogP) is 5.17. The topological polar surface area (TPSA) is 60.4 Å². The van der Waals surface area contributed by atoms with Gasteiger partial charge in [0.2, 0.25) is 0 Å². The highest BCUT2D eigenvalue weighted by Gasteiger charge is 2.18. The monoisotopic (exact) mass is 358 g/mol. The molecule has 26 heavy (non-hydrogen) atoms. The Labute approximate surface area is 156 Å². The maximum Gasteiger partial charge on any atom is 0.379 e. The van der Waals surface area contributed by atoms with E-state index in [1.165, 1.54) is 24.6 Å². The van der Waals surface area contributed by atoms with Crippen molar-refractivity contribution in [3.63, 3.8) is 0 Å². The standard InChI is InChI=1S/C22H30O4/c1-5-16(3)8-7-9-18(6-2)14-15-26-22(25)21(24)20-12-10-19(11-13-20)17(4)23/h8,10-13,18H,5-7,9,14-15H2,1-4H3. The van der Waals surface area contributed by atoms with Crippen LogP contribution in [0.25, 0.3) is 0 Å². The van der Waals surface area contributed by atoms with Crippen LogP contribution in [0.4, 0.5) is 0 Å². The number of carbonyl (C=O) groups is 3. The van der Waals surface area contributed by atoms with Crippen LogP contribution in [-0.2, 0) is 9.53 Å². The molecule has 1 aromatic rings. The van der Waals surface area contributed by atoms with Gasteiger partial charge in [0.25, 0.3) is 5.78 Å². The van der Waals surface area contributed by atoms with Gasteiger partial charge in [-0.15, -0.1) is 0 Å². The van der Waals surface area contributed by atoms with Crippen molar-refractivity contribution < 1.29 is 19.1 Å². The summed E-state index contributed by atoms with van der Waals surface area (Å²) in [5.74, 6) is -1.11. The number of esters is 1. The SMILES string of the molecule is CCC(C)=CCCC(CC)CCOC(=O)C(=O)c1ccc(C(C)=O)cc1. The smallest absolute Gasteiger partial charge is 0.379 e. The minimum atomic E-state index is -0.836. The fourth-order valence-electron chi connectivity index (χ4n) is 2.62. The van der Waals surface area contributed by atoms with Crippen LogP contribution in [0, 0.1) is 5.92 Å². The maximum atomic E-state index is 12.1. The second-order valence-corrected chi connectivity index (χ2v) is 6.64. The van der Waals surface area contributed by atoms with Crippen LogP contribution in [0.1, 0.15) is 80.5 Å². The van der Waals surface area contributed by atoms with Gasteiger partial charge in [0, 0.05) is 11.1 Å². The third kappa shape index (κ3) is 7.34. The lowest BCUT2D eigenvalue weighted by Crippen LogP contribution is -2.19. The molecule has 1 rings (SSSR count). The second-order valence-electron chi connectivity index (χ2n) is 6.64. The predicted molar refractivity (Wildman–Crippen MR) is 103 cm³/mol. The largest absolute Gasteiger partial charge is 0.460 e. The number of allylic oxidation sites excluding steroid dienone is 2. The highest BCUT2D eigenvalue weighted by Crippen LogP contribution is 2.17. The van der Waals surface area contributed by atoms with Gasteiger partial charge in [-0.25, -0.2) is 4.79 Å². The molecule has 0 amide bonds. The molecular formula is C22H30O4. The van der Waals surface area contributed by atoms with Crippen LogP contribution in [0.2, 0.25) is 0 Å². The Balaban J connectivity index is 2.44. The summed E-state index contributed by atoms with van der Waals surface area (Å²) in [4.78, 5) is 35.3. The van der Waals surface area contributed by atoms with Crippen LogP contribution in [0.3, 0.4) is 0 Å². The molecule has 4 nitrogen and oxygen atoms in total. The summed E-state index contributed by atoms with van der Waals surface area (Å²) in [5.41, 5.74) is 2.15. The zero-order chi connectivity index (χ0) is 19.5. The van der Waals surface area contributed by atoms with Crippen molar-refractivity contribution in [2.45, 2.75) is 59.8 Å². The van der Waals surface area contributed by atoms with Crippen molar-refractivity contribution in [2.24, 2.45) is 5.92 Å². The summed E-state index contributed by atoms with van der Waals surface area (Å²) >= 11 is 0. The summed E-state index contributed by atoms with van der Waals surface area (Å²) in [5, 5.41) is 0. The lowest BCUT2D eigenvalue weighted by molar-refractivity contribution is -0.138. The molecule has 0 saturated heterocycles. The summed E-state index contributed by atoms with van der Waals surface area (Å²) in [7, 11) is 0. The molecule has 0 aromatic heterocycles. The molecule has 0 N–H and O–H groups in total. The van der Waals surface area contributed by atoms with E-state index in [0.717, 1.165) is 32.1 Å². The Morgan fingerprint density at radius 1 is 1.00 bits per heavy atom. The van der Waals surface area contributed by atoms with Crippen molar-refractivity contribution >= 4 is 17.5 Å². The lowest BCUT2D eigenvalue weighted by Gasteiger charge is -2.14. The number of rotatable bonds is 11. The van der Waals surface area contributed by atoms with E-state index in [4.69, 9.17) is 4.74 Å². The van der Waals surface area contributed by atoms with Gasteiger partial charge in [-0.05, 0) is 45.4 Å². The van der Waals surface area contributed by atoms with Gasteiger partial charge >= 0.3 is 5.97 Å². The van der Waals surface area contributed by atoms with Crippen molar-refractivity contribution in [1.82, 2.24) is 0 Å². The second kappa shape index (κ2) is 11.4. The van der Waals surface area contributed by atoms with Crippen molar-refractivity contribution in [3.8, 4) is 0 Å². The first-order valence-corrected chi connectivity index (χ1v) is 9.37. The molecule has 0 bridgehead atoms. The minimum absolute atomic E-state index is 0.0823. The third-order valence-corrected chi connectivity index (χ3v) is 4.70. The molecule has 4 heteroatoms. The van der Waals surface area contributed by atoms with Gasteiger partial charge in [-0.1, -0.05) is 56.2 Å². The number of ketones is 2. The Morgan fingerprint density at radius 2 is 1.62 bits per heavy atom. The maximum absolute atomic E-state index is 12.1. The van der Waals surface area contributed by atoms with E-state index < -0.39 is 11.8 Å². The molecule has 0 heterocycles. The average Bonchev–Trinajstić information content (AvgIpc) is 2.65. The number of hydrogen-bond donors (Lipinski definition) is 0. The first-order chi connectivity index (χ1) is 12.4. The van der Waals surface area contributed by atoms with Gasteiger partial charge in [0.05, 0.1) is 6.61 Å². The summed E-state index contributed by atoms with van der Waals surface area (Å²) < 4.78 is 5.15. The van der Waals surface area contributed by atoms with E-state index >= 15 is 0 Å². The van der Waals surface area contributed by atoms with Crippen LogP contribution in [-0.4, -0.2) is 24.1 Å². The normalized spacial score (nSPS) is 12.5. The third-order valence-electron chi connectivity index (χ3n) is 4.70. The van der Waals surface area contributed by atoms with E-state index in [1.807, 2.05) is 0 Å². The number of carbonyl (C=O) groups excluding carboxylic acids is 3. The molecule has 142 valence electrons. The summed E-state index contributed by atoms with van der Waals surface area (Å²) in [6.45, 7) is 8.12. The van der Waals surface area contributed by atoms with Crippen LogP contribution >= 0.6 is 0 Å². The minimum Gasteiger partial charge on any atom is -0.460 e. The number of Topliss-reactive ketones (excluding diaryl/α,β-unsaturated/α-hetero) is 2. The van der Waals surface area contributed by atoms with Gasteiger partial charge in [0.15, 0.2) is 5.78 Å². The molecule has 1 atom stereocenters. The van der Waals surface area contributed by atoms with Crippen molar-refractivity contribution in [2.75, 3.05) is 6.61 Å². The number of hydrogen-bond acceptors (Lipinski definition) is 4. The highest BCUT2D eigenvalue weighted by molar-refractivity contribution is 6.40. The van der Waals surface area contributed by atoms with Gasteiger partial charge in [-0.2, -0.15) is 0 Å². The molecule has 0 radical (unpaired) electrons. The van der Waals surface area contributed by atoms with E-state index in [0.29, 0.717) is 11.5 Å². The van der Waals surface area contributed by atoms with Gasteiger partial charge in [-0.3, -0.25) is 9.59 Å². The van der Waals surface area contributed by atoms with E-state index in [-0.39, 0.29) is 18.0 Å². The Morgan fingerprint density at radius 3 is 2.15 bits per heavy atom. The molecule has 0 aliphatic rings. The zero-order valence-electron chi connectivity index (χ0n) is 16.3. The molecular weight excluding hydrogens is 328 g/mol. The van der Waals surface area contributed by atoms with E-state index in [9.17, 15) is 14.4 Å². The quantitative estimate of drug-likeness (QED) is 0.237. The van der Waals surface area contributed by atoms with Gasteiger partial charge < -0.3 is 4.74 Å². The Hall–Kier alpha value is -2.23. The van der Waals surface area contributed by atoms with Crippen molar-refractivity contribution in [3.05, 3.63) is 47.0 Å². The van der Waals surface area contributed by atoms with E-state index in [2.05, 4.69) is 26.8 Å². The first-order valence-electron chi connectivity index (χ1n) is 9.37. The fourth-order valence-corrected chi connectivity index (χ4v) is 2.62. The molecule has 0 spiro atoms. The Bertz CT molecular complexity index is 641. The summed E-state index contributed by atoms with van der Waals surface area (Å²) in [6, 6.07) is 6.05. The molecule has 0 saturated carbocycles. The van der Waals surface area contributed by atoms with Crippen LogP contribution in [0.15, 0.2) is 35.9 Å². The Kier molecular flexibility index (Phi) is 9.56. The first kappa shape index (κ1) is 21.8. The molecule has 0 fully saturated rings. The zero-order valence-corrected chi connectivity index (χ0v) is 16.3. The highest BCUT2D eigenvalue weighted by atomic mass is 16.5. The molecule has 0 aliphatic heterocycles. The molecule has 1 unspecified atom stereocenters. The molecule has 1 aromatic carbocycles. The van der Waals surface area contributed by atoms with Gasteiger partial charge in [0.1, 0.15) is 0 Å². The molecule has 0 aliphatic carbocycles. The van der Waals surface area contributed by atoms with Crippen LogP contribution < -0.4 is 0 Å². The average molecular weight is 358 g/mol. The van der Waals surface area contributed by atoms with E-state index in [1.54, 1.807) is 12.1 Å². The summed E-state index contributed by atoms with van der Waals surface area (Å²) in [6.07, 6.45) is 7.22. The number of benzene rings is 1. The number of ether oxygens (including phenoxy) is 1. The van der Waals surface area contributed by atoms with Crippen LogP contribution in [0.5, 0.6) is 0 Å². The lowest BCUT2D eigenvalue weighted by atomic mass is 9.96.